The summed E-state index contributed by atoms with van der Waals surface area (Å²) in [6, 6.07) is 9.40. The van der Waals surface area contributed by atoms with Gasteiger partial charge in [0.15, 0.2) is 23.0 Å². The fourth-order valence-corrected chi connectivity index (χ4v) is 3.16. The Balaban J connectivity index is 1.91. The zero-order valence-corrected chi connectivity index (χ0v) is 13.0. The summed E-state index contributed by atoms with van der Waals surface area (Å²) >= 11 is 0. The summed E-state index contributed by atoms with van der Waals surface area (Å²) < 4.78 is 6.16. The highest BCUT2D eigenvalue weighted by atomic mass is 16.5. The van der Waals surface area contributed by atoms with E-state index in [-0.39, 0.29) is 47.0 Å². The first-order valence-electron chi connectivity index (χ1n) is 7.57. The maximum atomic E-state index is 9.70. The lowest BCUT2D eigenvalue weighted by Gasteiger charge is -2.17. The highest BCUT2D eigenvalue weighted by Crippen LogP contribution is 2.50. The molecule has 0 unspecified atom stereocenters. The second-order valence-electron chi connectivity index (χ2n) is 6.19. The third-order valence-corrected chi connectivity index (χ3v) is 4.73. The van der Waals surface area contributed by atoms with Crippen LogP contribution in [0.2, 0.25) is 0 Å². The maximum absolute atomic E-state index is 9.70. The quantitative estimate of drug-likeness (QED) is 0.636. The lowest BCUT2D eigenvalue weighted by molar-refractivity contribution is 0.0288. The minimum Gasteiger partial charge on any atom is -0.504 e. The van der Waals surface area contributed by atoms with Gasteiger partial charge in [-0.25, -0.2) is 0 Å². The molecule has 0 radical (unpaired) electrons. The van der Waals surface area contributed by atoms with Crippen molar-refractivity contribution in [2.75, 3.05) is 0 Å². The van der Waals surface area contributed by atoms with Crippen LogP contribution in [0.4, 0.5) is 0 Å². The van der Waals surface area contributed by atoms with Crippen LogP contribution in [-0.4, -0.2) is 20.4 Å². The Hall–Kier alpha value is -2.40. The third kappa shape index (κ3) is 2.68. The normalized spacial score (nSPS) is 27.2. The van der Waals surface area contributed by atoms with Crippen molar-refractivity contribution in [3.63, 3.8) is 0 Å². The Labute approximate surface area is 134 Å². The van der Waals surface area contributed by atoms with E-state index < -0.39 is 0 Å². The Morgan fingerprint density at radius 3 is 1.39 bits per heavy atom. The zero-order chi connectivity index (χ0) is 16.7. The van der Waals surface area contributed by atoms with Crippen LogP contribution in [-0.2, 0) is 4.74 Å². The average Bonchev–Trinajstić information content (AvgIpc) is 2.81. The first kappa shape index (κ1) is 15.5. The summed E-state index contributed by atoms with van der Waals surface area (Å²) in [5.41, 5.74) is 1.59. The lowest BCUT2D eigenvalue weighted by atomic mass is 9.85. The molecule has 3 rings (SSSR count). The molecule has 5 nitrogen and oxygen atoms in total. The van der Waals surface area contributed by atoms with Crippen LogP contribution in [0.5, 0.6) is 23.0 Å². The first-order chi connectivity index (χ1) is 10.9. The van der Waals surface area contributed by atoms with E-state index in [0.717, 1.165) is 11.1 Å². The van der Waals surface area contributed by atoms with E-state index in [0.29, 0.717) is 0 Å². The molecule has 4 N–H and O–H groups in total. The molecule has 122 valence electrons. The summed E-state index contributed by atoms with van der Waals surface area (Å²) in [7, 11) is 0. The van der Waals surface area contributed by atoms with Crippen molar-refractivity contribution in [3.05, 3.63) is 47.5 Å². The van der Waals surface area contributed by atoms with Gasteiger partial charge in [-0.3, -0.25) is 0 Å². The van der Waals surface area contributed by atoms with E-state index in [1.807, 2.05) is 0 Å². The van der Waals surface area contributed by atoms with Crippen LogP contribution >= 0.6 is 0 Å². The van der Waals surface area contributed by atoms with Gasteiger partial charge < -0.3 is 25.2 Å². The number of hydrogen-bond donors (Lipinski definition) is 4. The number of benzene rings is 2. The molecule has 1 saturated heterocycles. The standard InChI is InChI=1S/C18H20O5/c1-9-10(2)18(12-4-6-14(20)16(22)8-12)23-17(9)11-3-5-13(19)15(21)7-11/h3-10,17-22H,1-2H3/t9-,10+,17-,18-/m1/s1. The SMILES string of the molecule is C[C@@H]1[C@H](C)[C@H](c2ccc(O)c(O)c2)O[C@H]1c1ccc(O)c(O)c1. The van der Waals surface area contributed by atoms with Crippen molar-refractivity contribution in [2.45, 2.75) is 26.1 Å². The molecule has 2 aromatic carbocycles. The molecule has 0 bridgehead atoms. The molecule has 0 aliphatic carbocycles. The van der Waals surface area contributed by atoms with Crippen LogP contribution in [0.15, 0.2) is 36.4 Å². The predicted molar refractivity (Wildman–Crippen MR) is 84.4 cm³/mol. The molecule has 1 heterocycles. The molecule has 0 amide bonds. The molecular weight excluding hydrogens is 296 g/mol. The maximum Gasteiger partial charge on any atom is 0.157 e. The van der Waals surface area contributed by atoms with Gasteiger partial charge in [0.1, 0.15) is 0 Å². The minimum absolute atomic E-state index is 0.160. The van der Waals surface area contributed by atoms with Crippen LogP contribution in [0.25, 0.3) is 0 Å². The lowest BCUT2D eigenvalue weighted by Crippen LogP contribution is -2.09. The molecule has 1 aliphatic heterocycles. The average molecular weight is 316 g/mol. The fraction of sp³-hybridized carbons (Fsp3) is 0.333. The Bertz CT molecular complexity index is 666. The number of aromatic hydroxyl groups is 4. The van der Waals surface area contributed by atoms with Crippen LogP contribution in [0.1, 0.15) is 37.2 Å². The van der Waals surface area contributed by atoms with Gasteiger partial charge in [0, 0.05) is 0 Å². The van der Waals surface area contributed by atoms with Crippen molar-refractivity contribution in [1.82, 2.24) is 0 Å². The predicted octanol–water partition coefficient (Wildman–Crippen LogP) is 3.59. The zero-order valence-electron chi connectivity index (χ0n) is 13.0. The molecule has 5 heteroatoms. The summed E-state index contributed by atoms with van der Waals surface area (Å²) in [5, 5.41) is 38.3. The number of rotatable bonds is 2. The van der Waals surface area contributed by atoms with Gasteiger partial charge in [-0.2, -0.15) is 0 Å². The number of hydrogen-bond acceptors (Lipinski definition) is 5. The fourth-order valence-electron chi connectivity index (χ4n) is 3.16. The van der Waals surface area contributed by atoms with Gasteiger partial charge in [0.05, 0.1) is 12.2 Å². The van der Waals surface area contributed by atoms with E-state index in [4.69, 9.17) is 4.74 Å². The van der Waals surface area contributed by atoms with Gasteiger partial charge in [-0.05, 0) is 47.2 Å². The topological polar surface area (TPSA) is 90.2 Å². The number of phenolic OH excluding ortho intramolecular Hbond substituents is 4. The first-order valence-corrected chi connectivity index (χ1v) is 7.57. The minimum atomic E-state index is -0.225. The highest BCUT2D eigenvalue weighted by Gasteiger charge is 2.40. The molecule has 4 atom stereocenters. The molecule has 2 aromatic rings. The van der Waals surface area contributed by atoms with Crippen molar-refractivity contribution in [1.29, 1.82) is 0 Å². The second-order valence-corrected chi connectivity index (χ2v) is 6.19. The van der Waals surface area contributed by atoms with Crippen molar-refractivity contribution < 1.29 is 25.2 Å². The largest absolute Gasteiger partial charge is 0.504 e. The number of ether oxygens (including phenoxy) is 1. The van der Waals surface area contributed by atoms with Crippen LogP contribution < -0.4 is 0 Å². The molecule has 23 heavy (non-hydrogen) atoms. The molecule has 0 aromatic heterocycles. The van der Waals surface area contributed by atoms with E-state index in [9.17, 15) is 20.4 Å². The summed E-state index contributed by atoms with van der Waals surface area (Å²) in [6.45, 7) is 4.14. The Morgan fingerprint density at radius 1 is 0.652 bits per heavy atom. The smallest absolute Gasteiger partial charge is 0.157 e. The van der Waals surface area contributed by atoms with E-state index >= 15 is 0 Å². The molecule has 0 saturated carbocycles. The Kier molecular flexibility index (Phi) is 3.82. The van der Waals surface area contributed by atoms with Crippen molar-refractivity contribution in [2.24, 2.45) is 11.8 Å². The molecule has 1 aliphatic rings. The van der Waals surface area contributed by atoms with Crippen LogP contribution in [0.3, 0.4) is 0 Å². The third-order valence-electron chi connectivity index (χ3n) is 4.73. The van der Waals surface area contributed by atoms with E-state index in [1.165, 1.54) is 24.3 Å². The van der Waals surface area contributed by atoms with Gasteiger partial charge in [0.2, 0.25) is 0 Å². The van der Waals surface area contributed by atoms with E-state index in [1.54, 1.807) is 12.1 Å². The second kappa shape index (κ2) is 5.66. The summed E-state index contributed by atoms with van der Waals surface area (Å²) in [4.78, 5) is 0. The van der Waals surface area contributed by atoms with Gasteiger partial charge >= 0.3 is 0 Å². The van der Waals surface area contributed by atoms with Gasteiger partial charge in [0.25, 0.3) is 0 Å². The monoisotopic (exact) mass is 316 g/mol. The van der Waals surface area contributed by atoms with E-state index in [2.05, 4.69) is 13.8 Å². The molecule has 1 fully saturated rings. The molecular formula is C18H20O5. The van der Waals surface area contributed by atoms with Crippen LogP contribution in [0, 0.1) is 11.8 Å². The summed E-state index contributed by atoms with van der Waals surface area (Å²) in [5.74, 6) is -0.298. The van der Waals surface area contributed by atoms with Gasteiger partial charge in [-0.1, -0.05) is 26.0 Å². The van der Waals surface area contributed by atoms with Gasteiger partial charge in [-0.15, -0.1) is 0 Å². The highest BCUT2D eigenvalue weighted by molar-refractivity contribution is 5.43. The number of phenols is 4. The summed E-state index contributed by atoms with van der Waals surface area (Å²) in [6.07, 6.45) is -0.449. The van der Waals surface area contributed by atoms with Crippen molar-refractivity contribution in [3.8, 4) is 23.0 Å². The Morgan fingerprint density at radius 2 is 1.04 bits per heavy atom. The van der Waals surface area contributed by atoms with Crippen molar-refractivity contribution >= 4 is 0 Å². The molecule has 0 spiro atoms.